The third-order valence-electron chi connectivity index (χ3n) is 7.51. The number of hydrogen-bond acceptors (Lipinski definition) is 5. The Morgan fingerprint density at radius 1 is 1.00 bits per heavy atom. The van der Waals surface area contributed by atoms with Crippen LogP contribution >= 0.6 is 12.2 Å². The molecule has 1 saturated heterocycles. The minimum atomic E-state index is 0.112. The highest BCUT2D eigenvalue weighted by molar-refractivity contribution is 7.80. The Hall–Kier alpha value is -3.19. The van der Waals surface area contributed by atoms with Gasteiger partial charge in [0, 0.05) is 30.6 Å². The van der Waals surface area contributed by atoms with Gasteiger partial charge in [-0.2, -0.15) is 9.97 Å². The van der Waals surface area contributed by atoms with Gasteiger partial charge in [0.15, 0.2) is 5.11 Å². The Bertz CT molecular complexity index is 1150. The number of ether oxygens (including phenoxy) is 1. The van der Waals surface area contributed by atoms with Crippen LogP contribution in [0.1, 0.15) is 57.4 Å². The van der Waals surface area contributed by atoms with Crippen LogP contribution in [0.25, 0.3) is 0 Å². The van der Waals surface area contributed by atoms with Gasteiger partial charge in [0.2, 0.25) is 11.8 Å². The summed E-state index contributed by atoms with van der Waals surface area (Å²) < 4.78 is 6.10. The van der Waals surface area contributed by atoms with Crippen molar-refractivity contribution in [3.8, 4) is 11.6 Å². The van der Waals surface area contributed by atoms with E-state index in [1.165, 1.54) is 37.7 Å². The monoisotopic (exact) mass is 501 g/mol. The van der Waals surface area contributed by atoms with Crippen LogP contribution in [0.2, 0.25) is 0 Å². The van der Waals surface area contributed by atoms with Crippen LogP contribution in [0, 0.1) is 0 Å². The van der Waals surface area contributed by atoms with Crippen molar-refractivity contribution in [3.63, 3.8) is 0 Å². The van der Waals surface area contributed by atoms with Crippen LogP contribution in [0.4, 0.5) is 11.8 Å². The van der Waals surface area contributed by atoms with Gasteiger partial charge in [0.25, 0.3) is 0 Å². The molecule has 1 atom stereocenters. The zero-order valence-corrected chi connectivity index (χ0v) is 21.8. The highest BCUT2D eigenvalue weighted by Crippen LogP contribution is 2.40. The van der Waals surface area contributed by atoms with Crippen molar-refractivity contribution in [2.45, 2.75) is 63.3 Å². The van der Waals surface area contributed by atoms with E-state index in [0.29, 0.717) is 23.0 Å². The zero-order chi connectivity index (χ0) is 24.8. The lowest BCUT2D eigenvalue weighted by Gasteiger charge is -2.34. The molecule has 0 spiro atoms. The first-order valence-electron chi connectivity index (χ1n) is 13.1. The number of para-hydroxylation sites is 1. The number of aromatic nitrogens is 2. The Morgan fingerprint density at radius 2 is 1.72 bits per heavy atom. The van der Waals surface area contributed by atoms with Crippen molar-refractivity contribution in [3.05, 3.63) is 72.3 Å². The molecule has 3 aromatic rings. The second kappa shape index (κ2) is 11.2. The van der Waals surface area contributed by atoms with E-state index in [1.807, 2.05) is 36.4 Å². The zero-order valence-electron chi connectivity index (χ0n) is 21.0. The van der Waals surface area contributed by atoms with Gasteiger partial charge in [-0.05, 0) is 68.9 Å². The van der Waals surface area contributed by atoms with E-state index in [4.69, 9.17) is 21.9 Å². The molecule has 7 heteroatoms. The number of piperidine rings is 1. The Kier molecular flexibility index (Phi) is 7.66. The van der Waals surface area contributed by atoms with E-state index in [0.717, 1.165) is 37.5 Å². The largest absolute Gasteiger partial charge is 0.439 e. The van der Waals surface area contributed by atoms with Gasteiger partial charge in [-0.1, -0.05) is 61.4 Å². The average Bonchev–Trinajstić information content (AvgIpc) is 3.39. The van der Waals surface area contributed by atoms with Gasteiger partial charge in [-0.25, -0.2) is 0 Å². The van der Waals surface area contributed by atoms with Crippen LogP contribution in [-0.4, -0.2) is 34.2 Å². The molecule has 2 heterocycles. The number of hydrogen-bond donors (Lipinski definition) is 2. The molecule has 0 bridgehead atoms. The van der Waals surface area contributed by atoms with E-state index in [9.17, 15) is 0 Å². The molecule has 0 amide bonds. The lowest BCUT2D eigenvalue weighted by atomic mass is 9.79. The summed E-state index contributed by atoms with van der Waals surface area (Å²) in [5, 5.41) is 7.26. The third kappa shape index (κ3) is 5.78. The average molecular weight is 502 g/mol. The number of nitrogens with one attached hydrogen (secondary N) is 2. The molecule has 6 nitrogen and oxygen atoms in total. The van der Waals surface area contributed by atoms with Gasteiger partial charge in [-0.15, -0.1) is 0 Å². The third-order valence-corrected chi connectivity index (χ3v) is 7.76. The van der Waals surface area contributed by atoms with Crippen molar-refractivity contribution in [2.24, 2.45) is 0 Å². The summed E-state index contributed by atoms with van der Waals surface area (Å²) in [6.07, 6.45) is 8.39. The molecule has 2 aliphatic rings. The first-order valence-corrected chi connectivity index (χ1v) is 13.5. The molecule has 0 unspecified atom stereocenters. The number of nitrogens with zero attached hydrogens (tertiary/aromatic N) is 3. The van der Waals surface area contributed by atoms with Crippen LogP contribution < -0.4 is 20.3 Å². The number of thiocarbonyl (C=S) groups is 1. The van der Waals surface area contributed by atoms with Gasteiger partial charge in [0.05, 0.1) is 0 Å². The number of rotatable bonds is 7. The summed E-state index contributed by atoms with van der Waals surface area (Å²) in [7, 11) is 0. The molecule has 188 valence electrons. The fraction of sp³-hybridized carbons (Fsp3) is 0.414. The topological polar surface area (TPSA) is 62.3 Å². The molecular weight excluding hydrogens is 466 g/mol. The van der Waals surface area contributed by atoms with Crippen molar-refractivity contribution < 1.29 is 4.74 Å². The fourth-order valence-corrected chi connectivity index (χ4v) is 5.69. The molecule has 2 fully saturated rings. The van der Waals surface area contributed by atoms with E-state index in [1.54, 1.807) is 0 Å². The maximum absolute atomic E-state index is 6.10. The van der Waals surface area contributed by atoms with Gasteiger partial charge in [-0.3, -0.25) is 0 Å². The lowest BCUT2D eigenvalue weighted by Crippen LogP contribution is -2.41. The lowest BCUT2D eigenvalue weighted by molar-refractivity contribution is 0.435. The van der Waals surface area contributed by atoms with E-state index in [-0.39, 0.29) is 5.41 Å². The molecule has 36 heavy (non-hydrogen) atoms. The Labute approximate surface area is 219 Å². The van der Waals surface area contributed by atoms with Gasteiger partial charge < -0.3 is 20.3 Å². The summed E-state index contributed by atoms with van der Waals surface area (Å²) in [4.78, 5) is 11.8. The molecule has 1 aliphatic carbocycles. The highest BCUT2D eigenvalue weighted by Gasteiger charge is 2.35. The molecule has 5 rings (SSSR count). The van der Waals surface area contributed by atoms with Crippen LogP contribution in [-0.2, 0) is 5.41 Å². The second-order valence-electron chi connectivity index (χ2n) is 10.0. The summed E-state index contributed by atoms with van der Waals surface area (Å²) in [6.45, 7) is 4.02. The van der Waals surface area contributed by atoms with E-state index >= 15 is 0 Å². The predicted octanol–water partition coefficient (Wildman–Crippen LogP) is 6.45. The molecular formula is C29H35N5OS. The van der Waals surface area contributed by atoms with Crippen LogP contribution in [0.5, 0.6) is 11.6 Å². The second-order valence-corrected chi connectivity index (χ2v) is 10.4. The maximum atomic E-state index is 6.10. The summed E-state index contributed by atoms with van der Waals surface area (Å²) in [5.74, 6) is 2.57. The van der Waals surface area contributed by atoms with Crippen molar-refractivity contribution in [1.29, 1.82) is 0 Å². The van der Waals surface area contributed by atoms with Gasteiger partial charge in [0.1, 0.15) is 11.6 Å². The standard InChI is InChI=1S/C29H35N5OS/c1-22-12-8-11-19-34(22)25-20-26(35-24-15-6-3-7-16-24)32-27(31-25)33-28(36)30-21-29(17-9-10-18-29)23-13-4-2-5-14-23/h2-7,13-16,20,22H,8-12,17-19,21H2,1H3,(H2,30,31,32,33,36)/t22-/m1/s1. The van der Waals surface area contributed by atoms with E-state index in [2.05, 4.69) is 57.8 Å². The van der Waals surface area contributed by atoms with E-state index < -0.39 is 0 Å². The quantitative estimate of drug-likeness (QED) is 0.361. The molecule has 1 aromatic heterocycles. The normalized spacial score (nSPS) is 19.0. The Morgan fingerprint density at radius 3 is 2.44 bits per heavy atom. The van der Waals surface area contributed by atoms with Crippen molar-refractivity contribution >= 4 is 29.1 Å². The summed E-state index contributed by atoms with van der Waals surface area (Å²) in [5.41, 5.74) is 1.49. The van der Waals surface area contributed by atoms with Crippen LogP contribution in [0.15, 0.2) is 66.7 Å². The van der Waals surface area contributed by atoms with Crippen molar-refractivity contribution in [1.82, 2.24) is 15.3 Å². The van der Waals surface area contributed by atoms with Crippen LogP contribution in [0.3, 0.4) is 0 Å². The molecule has 1 aliphatic heterocycles. The molecule has 0 radical (unpaired) electrons. The fourth-order valence-electron chi connectivity index (χ4n) is 5.52. The first-order chi connectivity index (χ1) is 17.6. The number of benzene rings is 2. The minimum absolute atomic E-state index is 0.112. The Balaban J connectivity index is 1.33. The maximum Gasteiger partial charge on any atom is 0.234 e. The molecule has 2 aromatic carbocycles. The number of anilines is 2. The molecule has 2 N–H and O–H groups in total. The highest BCUT2D eigenvalue weighted by atomic mass is 32.1. The summed E-state index contributed by atoms with van der Waals surface area (Å²) in [6, 6.07) is 22.9. The molecule has 1 saturated carbocycles. The SMILES string of the molecule is C[C@@H]1CCCCN1c1cc(Oc2ccccc2)nc(NC(=S)NCC2(c3ccccc3)CCCC2)n1. The van der Waals surface area contributed by atoms with Crippen molar-refractivity contribution in [2.75, 3.05) is 23.3 Å². The first kappa shape index (κ1) is 24.5. The minimum Gasteiger partial charge on any atom is -0.439 e. The summed E-state index contributed by atoms with van der Waals surface area (Å²) >= 11 is 5.71. The predicted molar refractivity (Wildman–Crippen MR) is 150 cm³/mol. The smallest absolute Gasteiger partial charge is 0.234 e. The van der Waals surface area contributed by atoms with Gasteiger partial charge >= 0.3 is 0 Å².